The lowest BCUT2D eigenvalue weighted by Gasteiger charge is -2.37. The molecule has 35 heavy (non-hydrogen) atoms. The summed E-state index contributed by atoms with van der Waals surface area (Å²) >= 11 is 13.4. The van der Waals surface area contributed by atoms with Crippen LogP contribution in [0.15, 0.2) is 69.6 Å². The van der Waals surface area contributed by atoms with Crippen LogP contribution in [-0.4, -0.2) is 33.9 Å². The van der Waals surface area contributed by atoms with E-state index in [1.54, 1.807) is 25.6 Å². The van der Waals surface area contributed by atoms with Crippen LogP contribution in [-0.2, 0) is 19.1 Å². The Balaban J connectivity index is 1.53. The van der Waals surface area contributed by atoms with Gasteiger partial charge < -0.3 is 9.47 Å². The van der Waals surface area contributed by atoms with Crippen molar-refractivity contribution in [3.8, 4) is 0 Å². The van der Waals surface area contributed by atoms with Gasteiger partial charge in [0.25, 0.3) is 0 Å². The molecule has 7 heteroatoms. The molecule has 0 radical (unpaired) electrons. The Morgan fingerprint density at radius 2 is 1.17 bits per heavy atom. The van der Waals surface area contributed by atoms with E-state index in [4.69, 9.17) is 33.9 Å². The fourth-order valence-corrected chi connectivity index (χ4v) is 6.88. The van der Waals surface area contributed by atoms with E-state index in [1.165, 1.54) is 0 Å². The Bertz CT molecular complexity index is 1050. The summed E-state index contributed by atoms with van der Waals surface area (Å²) in [6, 6.07) is 0. The number of hydrogen-bond acceptors (Lipinski definition) is 7. The van der Waals surface area contributed by atoms with Gasteiger partial charge in [-0.1, -0.05) is 61.5 Å². The van der Waals surface area contributed by atoms with Crippen molar-refractivity contribution < 1.29 is 19.1 Å². The van der Waals surface area contributed by atoms with Crippen LogP contribution >= 0.6 is 36.2 Å². The van der Waals surface area contributed by atoms with Crippen molar-refractivity contribution in [2.75, 3.05) is 0 Å². The number of carbonyl (C=O) groups excluding carboxylic acids is 2. The van der Waals surface area contributed by atoms with Gasteiger partial charge in [0.1, 0.15) is 12.2 Å². The van der Waals surface area contributed by atoms with Crippen LogP contribution in [0.3, 0.4) is 0 Å². The van der Waals surface area contributed by atoms with Crippen LogP contribution in [0, 0.1) is 11.8 Å². The van der Waals surface area contributed by atoms with Crippen LogP contribution in [0.4, 0.5) is 0 Å². The number of ether oxygens (including phenoxy) is 2. The van der Waals surface area contributed by atoms with Gasteiger partial charge in [0.2, 0.25) is 0 Å². The van der Waals surface area contributed by atoms with Gasteiger partial charge in [-0.05, 0) is 75.7 Å². The minimum Gasteiger partial charge on any atom is -0.454 e. The second-order valence-electron chi connectivity index (χ2n) is 9.54. The first kappa shape index (κ1) is 26.0. The maximum absolute atomic E-state index is 12.1. The number of thiocarbonyl (C=S) groups is 2. The van der Waals surface area contributed by atoms with Gasteiger partial charge in [0.15, 0.2) is 0 Å². The van der Waals surface area contributed by atoms with Crippen LogP contribution in [0.1, 0.15) is 52.4 Å². The van der Waals surface area contributed by atoms with Gasteiger partial charge in [-0.2, -0.15) is 0 Å². The predicted octanol–water partition coefficient (Wildman–Crippen LogP) is 6.68. The summed E-state index contributed by atoms with van der Waals surface area (Å²) in [5.74, 6) is -0.518. The van der Waals surface area contributed by atoms with Gasteiger partial charge in [0.05, 0.1) is 0 Å². The Kier molecular flexibility index (Phi) is 8.09. The molecule has 2 fully saturated rings. The summed E-state index contributed by atoms with van der Waals surface area (Å²) in [4.78, 5) is 28.0. The molecule has 4 nitrogen and oxygen atoms in total. The molecule has 0 amide bonds. The maximum atomic E-state index is 12.1. The third kappa shape index (κ3) is 5.52. The highest BCUT2D eigenvalue weighted by Gasteiger charge is 2.38. The molecule has 4 atom stereocenters. The molecular formula is C28H30O4S3. The zero-order chi connectivity index (χ0) is 25.3. The fourth-order valence-electron chi connectivity index (χ4n) is 4.99. The quantitative estimate of drug-likeness (QED) is 0.217. The number of rotatable bonds is 6. The number of thioether (sulfide) groups is 1. The van der Waals surface area contributed by atoms with Crippen molar-refractivity contribution in [3.05, 3.63) is 69.6 Å². The molecular weight excluding hydrogens is 497 g/mol. The Morgan fingerprint density at radius 1 is 0.771 bits per heavy atom. The highest BCUT2D eigenvalue weighted by atomic mass is 32.2. The predicted molar refractivity (Wildman–Crippen MR) is 149 cm³/mol. The molecule has 4 unspecified atom stereocenters. The second kappa shape index (κ2) is 10.9. The summed E-state index contributed by atoms with van der Waals surface area (Å²) in [5, 5.41) is 0. The largest absolute Gasteiger partial charge is 0.454 e. The lowest BCUT2D eigenvalue weighted by molar-refractivity contribution is -0.144. The van der Waals surface area contributed by atoms with E-state index >= 15 is 0 Å². The molecule has 0 saturated heterocycles. The van der Waals surface area contributed by atoms with E-state index in [1.807, 2.05) is 12.2 Å². The number of allylic oxidation sites excluding steroid dienone is 6. The van der Waals surface area contributed by atoms with Gasteiger partial charge in [-0.3, -0.25) is 0 Å². The minimum absolute atomic E-state index is 0.0960. The molecule has 4 aliphatic rings. The zero-order valence-corrected chi connectivity index (χ0v) is 22.6. The van der Waals surface area contributed by atoms with Gasteiger partial charge in [0, 0.05) is 42.5 Å². The Hall–Kier alpha value is -2.09. The molecule has 4 aliphatic carbocycles. The third-order valence-electron chi connectivity index (χ3n) is 6.85. The average Bonchev–Trinajstić information content (AvgIpc) is 2.83. The van der Waals surface area contributed by atoms with Crippen molar-refractivity contribution in [3.63, 3.8) is 0 Å². The van der Waals surface area contributed by atoms with Crippen molar-refractivity contribution in [1.82, 2.24) is 0 Å². The Labute approximate surface area is 222 Å². The molecule has 0 aromatic rings. The maximum Gasteiger partial charge on any atom is 0.333 e. The zero-order valence-electron chi connectivity index (χ0n) is 20.1. The molecule has 4 rings (SSSR count). The van der Waals surface area contributed by atoms with E-state index in [0.29, 0.717) is 11.1 Å². The molecule has 0 bridgehead atoms. The number of fused-ring (bicyclic) bond motifs is 2. The summed E-state index contributed by atoms with van der Waals surface area (Å²) in [5.41, 5.74) is 2.97. The lowest BCUT2D eigenvalue weighted by atomic mass is 9.77. The molecule has 0 aliphatic heterocycles. The van der Waals surface area contributed by atoms with Crippen molar-refractivity contribution in [2.45, 2.75) is 64.6 Å². The van der Waals surface area contributed by atoms with E-state index in [-0.39, 0.29) is 36.0 Å². The topological polar surface area (TPSA) is 52.6 Å². The van der Waals surface area contributed by atoms with Crippen LogP contribution in [0.25, 0.3) is 0 Å². The highest BCUT2D eigenvalue weighted by molar-refractivity contribution is 8.10. The average molecular weight is 527 g/mol. The molecule has 0 aromatic heterocycles. The second-order valence-corrected chi connectivity index (χ2v) is 11.5. The molecule has 0 spiro atoms. The standard InChI is InChI=1S/C28H30O4S3/c1-15(2)27(29)31-21-9-5-7-19-17(21)11-13-23(25(19)33)35-24-14-12-18-20(26(24)34)8-6-10-22(18)32-28(30)16(3)4/h11-14,19-22H,1,3,5-10H2,2,4H3. The van der Waals surface area contributed by atoms with Crippen LogP contribution in [0.5, 0.6) is 0 Å². The molecule has 0 N–H and O–H groups in total. The Morgan fingerprint density at radius 3 is 1.54 bits per heavy atom. The highest BCUT2D eigenvalue weighted by Crippen LogP contribution is 2.45. The first-order valence-corrected chi connectivity index (χ1v) is 13.6. The monoisotopic (exact) mass is 526 g/mol. The summed E-state index contributed by atoms with van der Waals surface area (Å²) in [7, 11) is 0. The van der Waals surface area contributed by atoms with Crippen LogP contribution < -0.4 is 0 Å². The van der Waals surface area contributed by atoms with Gasteiger partial charge >= 0.3 is 11.9 Å². The van der Waals surface area contributed by atoms with E-state index in [0.717, 1.165) is 69.2 Å². The van der Waals surface area contributed by atoms with E-state index < -0.39 is 0 Å². The number of carbonyl (C=O) groups is 2. The minimum atomic E-state index is -0.355. The normalized spacial score (nSPS) is 27.8. The summed E-state index contributed by atoms with van der Waals surface area (Å²) < 4.78 is 11.4. The fraction of sp³-hybridized carbons (Fsp3) is 0.429. The van der Waals surface area contributed by atoms with E-state index in [9.17, 15) is 9.59 Å². The SMILES string of the molecule is C=C(C)C(=O)OC1CCCC2C(=S)C(SC3=CC=C4C(OC(=O)C(=C)C)CCCC4C3=S)=CC=C12. The van der Waals surface area contributed by atoms with Crippen molar-refractivity contribution in [1.29, 1.82) is 0 Å². The molecule has 2 saturated carbocycles. The van der Waals surface area contributed by atoms with Crippen molar-refractivity contribution >= 4 is 57.9 Å². The van der Waals surface area contributed by atoms with Gasteiger partial charge in [-0.15, -0.1) is 0 Å². The van der Waals surface area contributed by atoms with E-state index in [2.05, 4.69) is 25.3 Å². The smallest absolute Gasteiger partial charge is 0.333 e. The van der Waals surface area contributed by atoms with Crippen LogP contribution in [0.2, 0.25) is 0 Å². The first-order chi connectivity index (χ1) is 16.7. The summed E-state index contributed by atoms with van der Waals surface area (Å²) in [6.45, 7) is 10.7. The van der Waals surface area contributed by atoms with Crippen molar-refractivity contribution in [2.24, 2.45) is 11.8 Å². The molecule has 0 aromatic carbocycles. The summed E-state index contributed by atoms with van der Waals surface area (Å²) in [6.07, 6.45) is 13.1. The molecule has 0 heterocycles. The molecule has 184 valence electrons. The lowest BCUT2D eigenvalue weighted by Crippen LogP contribution is -2.34. The third-order valence-corrected chi connectivity index (χ3v) is 9.27. The number of hydrogen-bond donors (Lipinski definition) is 0. The number of esters is 2. The first-order valence-electron chi connectivity index (χ1n) is 12.0. The van der Waals surface area contributed by atoms with Gasteiger partial charge in [-0.25, -0.2) is 9.59 Å².